The molecule has 1 saturated heterocycles. The molecule has 0 aliphatic carbocycles. The van der Waals surface area contributed by atoms with E-state index in [1.165, 1.54) is 11.9 Å². The molecule has 0 saturated carbocycles. The van der Waals surface area contributed by atoms with E-state index in [0.717, 1.165) is 25.2 Å². The Morgan fingerprint density at radius 3 is 2.77 bits per heavy atom. The van der Waals surface area contributed by atoms with Crippen molar-refractivity contribution >= 4 is 23.6 Å². The topological polar surface area (TPSA) is 138 Å². The van der Waals surface area contributed by atoms with Crippen LogP contribution in [0.25, 0.3) is 17.3 Å². The van der Waals surface area contributed by atoms with Crippen LogP contribution in [-0.2, 0) is 20.1 Å². The normalized spacial score (nSPS) is 16.7. The Kier molecular flexibility index (Phi) is 5.97. The van der Waals surface area contributed by atoms with E-state index < -0.39 is 6.09 Å². The highest BCUT2D eigenvalue weighted by atomic mass is 16.4. The van der Waals surface area contributed by atoms with Gasteiger partial charge in [-0.15, -0.1) is 10.2 Å². The summed E-state index contributed by atoms with van der Waals surface area (Å²) in [6.07, 6.45) is 4.31. The first-order valence-electron chi connectivity index (χ1n) is 12.7. The van der Waals surface area contributed by atoms with Crippen molar-refractivity contribution in [1.82, 2.24) is 39.4 Å². The molecule has 39 heavy (non-hydrogen) atoms. The van der Waals surface area contributed by atoms with Crippen molar-refractivity contribution in [3.05, 3.63) is 59.7 Å². The second kappa shape index (κ2) is 9.49. The SMILES string of the molecule is CC1CCCN1c1cc2c(c(CN(C)C(=O)O)n1)CN(c1cccc(-c3nncn3-c3ccnn3C)n1)C2=O. The van der Waals surface area contributed by atoms with Crippen molar-refractivity contribution in [3.63, 3.8) is 0 Å². The number of carboxylic acid groups (broad SMARTS) is 1. The molecule has 1 atom stereocenters. The number of fused-ring (bicyclic) bond motifs is 1. The van der Waals surface area contributed by atoms with Crippen LogP contribution in [0.5, 0.6) is 0 Å². The number of aryl methyl sites for hydroxylation is 1. The zero-order valence-corrected chi connectivity index (χ0v) is 21.9. The molecule has 1 unspecified atom stereocenters. The Balaban J connectivity index is 1.37. The molecule has 6 heterocycles. The molecule has 6 rings (SSSR count). The number of carbonyl (C=O) groups excluding carboxylic acids is 1. The number of pyridine rings is 2. The zero-order chi connectivity index (χ0) is 27.3. The minimum atomic E-state index is -1.06. The summed E-state index contributed by atoms with van der Waals surface area (Å²) in [6, 6.07) is 9.40. The predicted molar refractivity (Wildman–Crippen MR) is 142 cm³/mol. The summed E-state index contributed by atoms with van der Waals surface area (Å²) in [6.45, 7) is 3.31. The van der Waals surface area contributed by atoms with Gasteiger partial charge in [0.05, 0.1) is 30.5 Å². The molecule has 2 aliphatic rings. The van der Waals surface area contributed by atoms with Crippen molar-refractivity contribution in [2.75, 3.05) is 23.4 Å². The minimum absolute atomic E-state index is 0.0795. The zero-order valence-electron chi connectivity index (χ0n) is 21.9. The van der Waals surface area contributed by atoms with Crippen LogP contribution in [0.1, 0.15) is 41.4 Å². The fourth-order valence-electron chi connectivity index (χ4n) is 5.26. The van der Waals surface area contributed by atoms with Crippen molar-refractivity contribution in [2.45, 2.75) is 38.9 Å². The van der Waals surface area contributed by atoms with E-state index >= 15 is 0 Å². The largest absolute Gasteiger partial charge is 0.465 e. The van der Waals surface area contributed by atoms with Gasteiger partial charge in [-0.05, 0) is 38.0 Å². The number of nitrogens with zero attached hydrogens (tertiary/aromatic N) is 10. The third-order valence-corrected chi connectivity index (χ3v) is 7.38. The maximum Gasteiger partial charge on any atom is 0.407 e. The lowest BCUT2D eigenvalue weighted by Crippen LogP contribution is -2.29. The average Bonchev–Trinajstić information content (AvgIpc) is 3.71. The van der Waals surface area contributed by atoms with Gasteiger partial charge in [-0.1, -0.05) is 6.07 Å². The number of hydrogen-bond acceptors (Lipinski definition) is 8. The Morgan fingerprint density at radius 2 is 2.05 bits per heavy atom. The first-order chi connectivity index (χ1) is 18.8. The third kappa shape index (κ3) is 4.25. The molecule has 13 nitrogen and oxygen atoms in total. The molecule has 200 valence electrons. The molecule has 0 radical (unpaired) electrons. The van der Waals surface area contributed by atoms with E-state index in [-0.39, 0.29) is 19.0 Å². The lowest BCUT2D eigenvalue weighted by Gasteiger charge is -2.24. The molecule has 4 aromatic heterocycles. The summed E-state index contributed by atoms with van der Waals surface area (Å²) in [7, 11) is 3.33. The van der Waals surface area contributed by atoms with Crippen LogP contribution in [0.15, 0.2) is 42.9 Å². The third-order valence-electron chi connectivity index (χ3n) is 7.38. The number of anilines is 2. The molecule has 4 aromatic rings. The Bertz CT molecular complexity index is 1580. The molecule has 0 spiro atoms. The summed E-state index contributed by atoms with van der Waals surface area (Å²) >= 11 is 0. The molecule has 1 fully saturated rings. The summed E-state index contributed by atoms with van der Waals surface area (Å²) in [5.41, 5.74) is 2.37. The Labute approximate surface area is 224 Å². The van der Waals surface area contributed by atoms with Crippen LogP contribution in [0.2, 0.25) is 0 Å². The number of carbonyl (C=O) groups is 2. The summed E-state index contributed by atoms with van der Waals surface area (Å²) < 4.78 is 3.49. The van der Waals surface area contributed by atoms with Crippen LogP contribution in [0, 0.1) is 0 Å². The summed E-state index contributed by atoms with van der Waals surface area (Å²) in [5.74, 6) is 2.25. The molecular weight excluding hydrogens is 500 g/mol. The van der Waals surface area contributed by atoms with Gasteiger partial charge in [-0.3, -0.25) is 18.9 Å². The highest BCUT2D eigenvalue weighted by Crippen LogP contribution is 2.34. The minimum Gasteiger partial charge on any atom is -0.465 e. The summed E-state index contributed by atoms with van der Waals surface area (Å²) in [4.78, 5) is 40.0. The van der Waals surface area contributed by atoms with Crippen LogP contribution in [-0.4, -0.2) is 76.2 Å². The smallest absolute Gasteiger partial charge is 0.407 e. The number of rotatable bonds is 6. The standard InChI is InChI=1S/C26H28N10O3/c1-16-6-5-11-34(16)22-12-17-18(20(30-22)14-32(2)26(38)39)13-35(25(17)37)21-8-4-7-19(29-21)24-31-27-15-36(24)23-9-10-28-33(23)3/h4,7-10,12,15-16H,5-6,11,13-14H2,1-3H3,(H,38,39). The number of amides is 2. The molecule has 0 aromatic carbocycles. The van der Waals surface area contributed by atoms with Gasteiger partial charge in [0, 0.05) is 38.3 Å². The van der Waals surface area contributed by atoms with Gasteiger partial charge in [-0.2, -0.15) is 5.10 Å². The highest BCUT2D eigenvalue weighted by molar-refractivity contribution is 6.10. The molecule has 0 bridgehead atoms. The van der Waals surface area contributed by atoms with Crippen molar-refractivity contribution in [3.8, 4) is 17.3 Å². The van der Waals surface area contributed by atoms with Gasteiger partial charge < -0.3 is 14.9 Å². The molecule has 1 N–H and O–H groups in total. The number of aromatic nitrogens is 7. The summed E-state index contributed by atoms with van der Waals surface area (Å²) in [5, 5.41) is 22.1. The van der Waals surface area contributed by atoms with Crippen LogP contribution < -0.4 is 9.80 Å². The van der Waals surface area contributed by atoms with E-state index in [4.69, 9.17) is 9.97 Å². The fourth-order valence-corrected chi connectivity index (χ4v) is 5.26. The molecule has 2 aliphatic heterocycles. The quantitative estimate of drug-likeness (QED) is 0.400. The van der Waals surface area contributed by atoms with Crippen molar-refractivity contribution in [2.24, 2.45) is 7.05 Å². The van der Waals surface area contributed by atoms with Gasteiger partial charge in [0.25, 0.3) is 5.91 Å². The number of hydrogen-bond donors (Lipinski definition) is 1. The first-order valence-corrected chi connectivity index (χ1v) is 12.7. The van der Waals surface area contributed by atoms with E-state index in [1.807, 2.05) is 31.3 Å². The van der Waals surface area contributed by atoms with Gasteiger partial charge in [0.1, 0.15) is 29.5 Å². The van der Waals surface area contributed by atoms with Crippen molar-refractivity contribution in [1.29, 1.82) is 0 Å². The maximum atomic E-state index is 13.8. The Hall–Kier alpha value is -4.81. The maximum absolute atomic E-state index is 13.8. The molecule has 13 heteroatoms. The van der Waals surface area contributed by atoms with E-state index in [2.05, 4.69) is 27.1 Å². The first kappa shape index (κ1) is 24.5. The average molecular weight is 529 g/mol. The van der Waals surface area contributed by atoms with E-state index in [9.17, 15) is 14.7 Å². The van der Waals surface area contributed by atoms with Gasteiger partial charge >= 0.3 is 6.09 Å². The molecule has 2 amide bonds. The predicted octanol–water partition coefficient (Wildman–Crippen LogP) is 2.72. The van der Waals surface area contributed by atoms with Gasteiger partial charge in [0.2, 0.25) is 0 Å². The van der Waals surface area contributed by atoms with Crippen LogP contribution >= 0.6 is 0 Å². The Morgan fingerprint density at radius 1 is 1.21 bits per heavy atom. The van der Waals surface area contributed by atoms with E-state index in [1.54, 1.807) is 32.7 Å². The highest BCUT2D eigenvalue weighted by Gasteiger charge is 2.35. The fraction of sp³-hybridized carbons (Fsp3) is 0.346. The lowest BCUT2D eigenvalue weighted by molar-refractivity contribution is 0.0996. The van der Waals surface area contributed by atoms with Gasteiger partial charge in [0.15, 0.2) is 5.82 Å². The van der Waals surface area contributed by atoms with Crippen LogP contribution in [0.4, 0.5) is 16.4 Å². The van der Waals surface area contributed by atoms with E-state index in [0.29, 0.717) is 46.0 Å². The second-order valence-electron chi connectivity index (χ2n) is 9.89. The van der Waals surface area contributed by atoms with Gasteiger partial charge in [-0.25, -0.2) is 14.8 Å². The molecular formula is C26H28N10O3. The second-order valence-corrected chi connectivity index (χ2v) is 9.89. The lowest BCUT2D eigenvalue weighted by atomic mass is 10.1. The monoisotopic (exact) mass is 528 g/mol. The van der Waals surface area contributed by atoms with Crippen LogP contribution in [0.3, 0.4) is 0 Å². The van der Waals surface area contributed by atoms with Crippen molar-refractivity contribution < 1.29 is 14.7 Å².